The first-order chi connectivity index (χ1) is 13.0. The van der Waals surface area contributed by atoms with Crippen molar-refractivity contribution in [1.29, 1.82) is 0 Å². The fourth-order valence-electron chi connectivity index (χ4n) is 2.55. The second-order valence-corrected chi connectivity index (χ2v) is 7.81. The zero-order valence-electron chi connectivity index (χ0n) is 14.4. The Morgan fingerprint density at radius 1 is 1.07 bits per heavy atom. The van der Waals surface area contributed by atoms with Crippen molar-refractivity contribution < 1.29 is 14.4 Å². The minimum atomic E-state index is -0.323. The molecule has 0 aliphatic carbocycles. The van der Waals surface area contributed by atoms with Crippen LogP contribution in [-0.2, 0) is 16.0 Å². The Balaban J connectivity index is 1.51. The summed E-state index contributed by atoms with van der Waals surface area (Å²) in [6.45, 7) is 0.384. The van der Waals surface area contributed by atoms with E-state index in [9.17, 15) is 14.4 Å². The van der Waals surface area contributed by atoms with Crippen LogP contribution in [0.25, 0.3) is 6.08 Å². The molecule has 0 saturated carbocycles. The molecule has 2 aromatic rings. The minimum Gasteiger partial charge on any atom is -0.354 e. The highest BCUT2D eigenvalue weighted by atomic mass is 79.9. The zero-order valence-corrected chi connectivity index (χ0v) is 16.8. The molecule has 7 heteroatoms. The summed E-state index contributed by atoms with van der Waals surface area (Å²) < 4.78 is 0.953. The molecule has 0 radical (unpaired) electrons. The molecule has 0 bridgehead atoms. The molecule has 5 nitrogen and oxygen atoms in total. The molecule has 27 heavy (non-hydrogen) atoms. The van der Waals surface area contributed by atoms with Gasteiger partial charge in [-0.1, -0.05) is 58.4 Å². The number of hydrogen-bond donors (Lipinski definition) is 1. The van der Waals surface area contributed by atoms with Crippen LogP contribution in [0, 0.1) is 0 Å². The summed E-state index contributed by atoms with van der Waals surface area (Å²) in [6.07, 6.45) is 1.96. The maximum atomic E-state index is 12.4. The van der Waals surface area contributed by atoms with Crippen LogP contribution in [0.2, 0.25) is 0 Å². The fraction of sp³-hybridized carbons (Fsp3) is 0.150. The second-order valence-electron chi connectivity index (χ2n) is 5.90. The quantitative estimate of drug-likeness (QED) is 0.687. The van der Waals surface area contributed by atoms with E-state index in [0.717, 1.165) is 27.4 Å². The number of nitrogens with one attached hydrogen (secondary N) is 1. The predicted octanol–water partition coefficient (Wildman–Crippen LogP) is 3.84. The van der Waals surface area contributed by atoms with E-state index >= 15 is 0 Å². The molecule has 138 valence electrons. The molecule has 1 aliphatic rings. The summed E-state index contributed by atoms with van der Waals surface area (Å²) in [6, 6.07) is 16.9. The van der Waals surface area contributed by atoms with Crippen molar-refractivity contribution in [1.82, 2.24) is 10.2 Å². The van der Waals surface area contributed by atoms with Gasteiger partial charge < -0.3 is 5.32 Å². The monoisotopic (exact) mass is 444 g/mol. The fourth-order valence-corrected chi connectivity index (χ4v) is 3.68. The van der Waals surface area contributed by atoms with E-state index in [2.05, 4.69) is 21.2 Å². The number of thioether (sulfide) groups is 1. The van der Waals surface area contributed by atoms with Gasteiger partial charge in [0.15, 0.2) is 0 Å². The third-order valence-electron chi connectivity index (χ3n) is 3.91. The van der Waals surface area contributed by atoms with E-state index < -0.39 is 0 Å². The number of rotatable bonds is 6. The summed E-state index contributed by atoms with van der Waals surface area (Å²) >= 11 is 4.27. The number of hydrogen-bond acceptors (Lipinski definition) is 4. The van der Waals surface area contributed by atoms with Crippen LogP contribution in [0.15, 0.2) is 64.0 Å². The van der Waals surface area contributed by atoms with E-state index in [0.29, 0.717) is 4.91 Å². The van der Waals surface area contributed by atoms with Gasteiger partial charge in [-0.05, 0) is 41.1 Å². The van der Waals surface area contributed by atoms with Gasteiger partial charge >= 0.3 is 0 Å². The maximum Gasteiger partial charge on any atom is 0.293 e. The van der Waals surface area contributed by atoms with E-state index in [1.165, 1.54) is 4.90 Å². The molecule has 1 aliphatic heterocycles. The van der Waals surface area contributed by atoms with Crippen LogP contribution in [0.1, 0.15) is 11.1 Å². The Bertz CT molecular complexity index is 882. The number of amides is 3. The van der Waals surface area contributed by atoms with Gasteiger partial charge in [0, 0.05) is 17.6 Å². The number of benzene rings is 2. The Morgan fingerprint density at radius 2 is 1.78 bits per heavy atom. The predicted molar refractivity (Wildman–Crippen MR) is 110 cm³/mol. The van der Waals surface area contributed by atoms with Crippen LogP contribution in [0.5, 0.6) is 0 Å². The van der Waals surface area contributed by atoms with Gasteiger partial charge in [0.25, 0.3) is 11.1 Å². The lowest BCUT2D eigenvalue weighted by atomic mass is 10.1. The number of nitrogens with zero attached hydrogens (tertiary/aromatic N) is 1. The molecular weight excluding hydrogens is 428 g/mol. The van der Waals surface area contributed by atoms with E-state index in [4.69, 9.17) is 0 Å². The van der Waals surface area contributed by atoms with Gasteiger partial charge in [-0.15, -0.1) is 0 Å². The average molecular weight is 445 g/mol. The molecule has 0 aromatic heterocycles. The van der Waals surface area contributed by atoms with Gasteiger partial charge in [0.05, 0.1) is 11.3 Å². The maximum absolute atomic E-state index is 12.4. The summed E-state index contributed by atoms with van der Waals surface area (Å²) in [5, 5.41) is 2.44. The first-order valence-corrected chi connectivity index (χ1v) is 9.95. The van der Waals surface area contributed by atoms with Gasteiger partial charge in [0.1, 0.15) is 0 Å². The number of halogens is 1. The van der Waals surface area contributed by atoms with Gasteiger partial charge in [-0.25, -0.2) is 0 Å². The van der Waals surface area contributed by atoms with Crippen LogP contribution in [-0.4, -0.2) is 35.0 Å². The minimum absolute atomic E-state index is 0.149. The molecule has 1 heterocycles. The van der Waals surface area contributed by atoms with Crippen LogP contribution >= 0.6 is 27.7 Å². The lowest BCUT2D eigenvalue weighted by molar-refractivity contribution is -0.124. The molecule has 3 rings (SSSR count). The van der Waals surface area contributed by atoms with Crippen molar-refractivity contribution in [3.63, 3.8) is 0 Å². The number of imide groups is 1. The first kappa shape index (κ1) is 19.4. The van der Waals surface area contributed by atoms with E-state index in [1.54, 1.807) is 6.08 Å². The van der Waals surface area contributed by atoms with Crippen LogP contribution in [0.3, 0.4) is 0 Å². The molecule has 3 amide bonds. The Labute approximate surface area is 169 Å². The molecule has 0 spiro atoms. The highest BCUT2D eigenvalue weighted by Gasteiger charge is 2.34. The Morgan fingerprint density at radius 3 is 2.48 bits per heavy atom. The second kappa shape index (κ2) is 9.01. The smallest absolute Gasteiger partial charge is 0.293 e. The molecule has 0 unspecified atom stereocenters. The van der Waals surface area contributed by atoms with Crippen molar-refractivity contribution in [3.8, 4) is 0 Å². The highest BCUT2D eigenvalue weighted by molar-refractivity contribution is 9.10. The van der Waals surface area contributed by atoms with E-state index in [-0.39, 0.29) is 36.6 Å². The van der Waals surface area contributed by atoms with Crippen molar-refractivity contribution in [2.24, 2.45) is 0 Å². The SMILES string of the molecule is O=C(Cc1ccc(Br)cc1)NCCN1C(=O)SC(=Cc2ccccc2)C1=O. The normalized spacial score (nSPS) is 15.4. The lowest BCUT2D eigenvalue weighted by Gasteiger charge is -2.13. The van der Waals surface area contributed by atoms with E-state index in [1.807, 2.05) is 54.6 Å². The van der Waals surface area contributed by atoms with Gasteiger partial charge in [0.2, 0.25) is 5.91 Å². The third-order valence-corrected chi connectivity index (χ3v) is 5.34. The van der Waals surface area contributed by atoms with Crippen LogP contribution in [0.4, 0.5) is 4.79 Å². The summed E-state index contributed by atoms with van der Waals surface area (Å²) in [5.74, 6) is -0.472. The third kappa shape index (κ3) is 5.30. The molecule has 1 fully saturated rings. The van der Waals surface area contributed by atoms with Gasteiger partial charge in [-0.2, -0.15) is 0 Å². The van der Waals surface area contributed by atoms with Crippen molar-refractivity contribution >= 4 is 50.8 Å². The molecule has 1 saturated heterocycles. The van der Waals surface area contributed by atoms with Crippen molar-refractivity contribution in [3.05, 3.63) is 75.1 Å². The number of carbonyl (C=O) groups is 3. The molecule has 1 N–H and O–H groups in total. The molecule has 0 atom stereocenters. The molecule has 2 aromatic carbocycles. The summed E-state index contributed by atoms with van der Waals surface area (Å²) in [7, 11) is 0. The zero-order chi connectivity index (χ0) is 19.2. The first-order valence-electron chi connectivity index (χ1n) is 8.34. The summed E-state index contributed by atoms with van der Waals surface area (Å²) in [4.78, 5) is 38.1. The van der Waals surface area contributed by atoms with Gasteiger partial charge in [-0.3, -0.25) is 19.3 Å². The molecular formula is C20H17BrN2O3S. The Hall–Kier alpha value is -2.38. The Kier molecular flexibility index (Phi) is 6.47. The number of carbonyl (C=O) groups excluding carboxylic acids is 3. The van der Waals surface area contributed by atoms with Crippen LogP contribution < -0.4 is 5.32 Å². The highest BCUT2D eigenvalue weighted by Crippen LogP contribution is 2.31. The summed E-state index contributed by atoms with van der Waals surface area (Å²) in [5.41, 5.74) is 1.76. The topological polar surface area (TPSA) is 66.5 Å². The largest absolute Gasteiger partial charge is 0.354 e. The van der Waals surface area contributed by atoms with Crippen molar-refractivity contribution in [2.75, 3.05) is 13.1 Å². The average Bonchev–Trinajstić information content (AvgIpc) is 2.92. The van der Waals surface area contributed by atoms with Crippen molar-refractivity contribution in [2.45, 2.75) is 6.42 Å². The standard InChI is InChI=1S/C20H17BrN2O3S/c21-16-8-6-15(7-9-16)13-18(24)22-10-11-23-19(25)17(27-20(23)26)12-14-4-2-1-3-5-14/h1-9,12H,10-11,13H2,(H,22,24). The lowest BCUT2D eigenvalue weighted by Crippen LogP contribution is -2.37.